The summed E-state index contributed by atoms with van der Waals surface area (Å²) in [6.07, 6.45) is 0. The number of nitrogens with two attached hydrogens (primary N) is 1. The van der Waals surface area contributed by atoms with Crippen LogP contribution in [0.3, 0.4) is 0 Å². The lowest BCUT2D eigenvalue weighted by atomic mass is 11.3. The van der Waals surface area contributed by atoms with E-state index in [1.165, 1.54) is 14.2 Å². The highest BCUT2D eigenvalue weighted by Crippen LogP contribution is 1.95. The predicted molar refractivity (Wildman–Crippen MR) is 30.9 cm³/mol. The van der Waals surface area contributed by atoms with Gasteiger partial charge in [-0.05, 0) is 0 Å². The first-order valence-electron chi connectivity index (χ1n) is 2.09. The Morgan fingerprint density at radius 1 is 1.33 bits per heavy atom. The van der Waals surface area contributed by atoms with Crippen LogP contribution in [0.25, 0.3) is 0 Å². The molecule has 0 bridgehead atoms. The molecule has 0 unspecified atom stereocenters. The lowest BCUT2D eigenvalue weighted by Crippen LogP contribution is -2.31. The monoisotopic (exact) mass is 155 g/mol. The minimum absolute atomic E-state index is 1.19. The minimum atomic E-state index is -3.71. The largest absolute Gasteiger partial charge is 0.342 e. The number of ether oxygens (including phenoxy) is 2. The molecule has 0 spiro atoms. The highest BCUT2D eigenvalue weighted by Gasteiger charge is 2.18. The van der Waals surface area contributed by atoms with E-state index in [-0.39, 0.29) is 0 Å². The van der Waals surface area contributed by atoms with Crippen molar-refractivity contribution in [2.45, 2.75) is 5.62 Å². The first-order chi connectivity index (χ1) is 4.02. The molecular formula is C3H9NO4S. The molecule has 0 aromatic rings. The van der Waals surface area contributed by atoms with Crippen molar-refractivity contribution in [1.82, 2.24) is 0 Å². The molecule has 0 aromatic heterocycles. The summed E-state index contributed by atoms with van der Waals surface area (Å²) in [7, 11) is -1.32. The molecule has 5 nitrogen and oxygen atoms in total. The van der Waals surface area contributed by atoms with Gasteiger partial charge in [-0.2, -0.15) is 0 Å². The van der Waals surface area contributed by atoms with Crippen LogP contribution in [0.15, 0.2) is 0 Å². The zero-order valence-corrected chi connectivity index (χ0v) is 6.01. The van der Waals surface area contributed by atoms with E-state index in [2.05, 4.69) is 14.6 Å². The highest BCUT2D eigenvalue weighted by molar-refractivity contribution is 7.89. The summed E-state index contributed by atoms with van der Waals surface area (Å²) in [5.41, 5.74) is -1.35. The Morgan fingerprint density at radius 2 is 1.67 bits per heavy atom. The topological polar surface area (TPSA) is 78.6 Å². The Balaban J connectivity index is 4.14. The van der Waals surface area contributed by atoms with E-state index in [0.29, 0.717) is 0 Å². The molecule has 9 heavy (non-hydrogen) atoms. The maximum Gasteiger partial charge on any atom is 0.277 e. The van der Waals surface area contributed by atoms with Crippen LogP contribution in [0, 0.1) is 0 Å². The number of rotatable bonds is 3. The van der Waals surface area contributed by atoms with Crippen molar-refractivity contribution in [2.24, 2.45) is 5.14 Å². The van der Waals surface area contributed by atoms with E-state index in [4.69, 9.17) is 0 Å². The fourth-order valence-electron chi connectivity index (χ4n) is 0.364. The van der Waals surface area contributed by atoms with Crippen LogP contribution >= 0.6 is 0 Å². The van der Waals surface area contributed by atoms with Crippen molar-refractivity contribution in [2.75, 3.05) is 14.2 Å². The van der Waals surface area contributed by atoms with Crippen molar-refractivity contribution in [1.29, 1.82) is 0 Å². The molecule has 0 atom stereocenters. The summed E-state index contributed by atoms with van der Waals surface area (Å²) in [6.45, 7) is 0. The quantitative estimate of drug-likeness (QED) is 0.522. The van der Waals surface area contributed by atoms with Crippen LogP contribution in [0.2, 0.25) is 0 Å². The van der Waals surface area contributed by atoms with E-state index in [1.807, 2.05) is 0 Å². The lowest BCUT2D eigenvalue weighted by molar-refractivity contribution is -0.0415. The fraction of sp³-hybridized carbons (Fsp3) is 1.00. The summed E-state index contributed by atoms with van der Waals surface area (Å²) in [6, 6.07) is 0. The summed E-state index contributed by atoms with van der Waals surface area (Å²) >= 11 is 0. The third-order valence-corrected chi connectivity index (χ3v) is 1.57. The molecule has 0 radical (unpaired) electrons. The van der Waals surface area contributed by atoms with Crippen LogP contribution in [0.4, 0.5) is 0 Å². The maximum atomic E-state index is 10.3. The standard InChI is InChI=1S/C3H9NO4S/c1-7-3(8-2)9(4,5)6/h3H,1-2H3,(H2,4,5,6). The second-order valence-corrected chi connectivity index (χ2v) is 2.91. The van der Waals surface area contributed by atoms with Gasteiger partial charge in [0.1, 0.15) is 0 Å². The van der Waals surface area contributed by atoms with Crippen LogP contribution in [-0.4, -0.2) is 28.3 Å². The molecular weight excluding hydrogens is 146 g/mol. The third kappa shape index (κ3) is 2.75. The molecule has 0 aliphatic rings. The first kappa shape index (κ1) is 8.83. The van der Waals surface area contributed by atoms with Gasteiger partial charge >= 0.3 is 0 Å². The number of hydrogen-bond donors (Lipinski definition) is 1. The first-order valence-corrected chi connectivity index (χ1v) is 3.70. The lowest BCUT2D eigenvalue weighted by Gasteiger charge is -2.08. The van der Waals surface area contributed by atoms with E-state index < -0.39 is 15.6 Å². The van der Waals surface area contributed by atoms with Gasteiger partial charge in [-0.1, -0.05) is 0 Å². The molecule has 0 heterocycles. The Kier molecular flexibility index (Phi) is 3.06. The Bertz CT molecular complexity index is 159. The van der Waals surface area contributed by atoms with Crippen LogP contribution in [0.5, 0.6) is 0 Å². The van der Waals surface area contributed by atoms with Crippen molar-refractivity contribution in [3.8, 4) is 0 Å². The van der Waals surface area contributed by atoms with Crippen LogP contribution < -0.4 is 5.14 Å². The molecule has 0 amide bonds. The van der Waals surface area contributed by atoms with E-state index >= 15 is 0 Å². The van der Waals surface area contributed by atoms with Crippen molar-refractivity contribution < 1.29 is 17.9 Å². The summed E-state index contributed by atoms with van der Waals surface area (Å²) in [5.74, 6) is 0. The van der Waals surface area contributed by atoms with Gasteiger partial charge in [0.15, 0.2) is 0 Å². The van der Waals surface area contributed by atoms with Crippen molar-refractivity contribution in [3.63, 3.8) is 0 Å². The summed E-state index contributed by atoms with van der Waals surface area (Å²) in [4.78, 5) is 0. The Hall–Kier alpha value is -0.170. The van der Waals surface area contributed by atoms with Gasteiger partial charge in [-0.25, -0.2) is 13.6 Å². The van der Waals surface area contributed by atoms with Gasteiger partial charge < -0.3 is 9.47 Å². The summed E-state index contributed by atoms with van der Waals surface area (Å²) < 4.78 is 29.3. The Morgan fingerprint density at radius 3 is 1.67 bits per heavy atom. The molecule has 0 saturated carbocycles. The molecule has 0 rings (SSSR count). The van der Waals surface area contributed by atoms with Gasteiger partial charge in [-0.15, -0.1) is 0 Å². The van der Waals surface area contributed by atoms with Gasteiger partial charge in [0.05, 0.1) is 0 Å². The zero-order valence-electron chi connectivity index (χ0n) is 5.20. The fourth-order valence-corrected chi connectivity index (χ4v) is 0.901. The molecule has 0 aromatic carbocycles. The molecule has 0 fully saturated rings. The van der Waals surface area contributed by atoms with Gasteiger partial charge in [0.2, 0.25) is 0 Å². The predicted octanol–water partition coefficient (Wildman–Crippen LogP) is -1.15. The molecule has 2 N–H and O–H groups in total. The zero-order chi connectivity index (χ0) is 7.49. The van der Waals surface area contributed by atoms with Gasteiger partial charge in [0, 0.05) is 14.2 Å². The van der Waals surface area contributed by atoms with Crippen molar-refractivity contribution in [3.05, 3.63) is 0 Å². The van der Waals surface area contributed by atoms with Crippen LogP contribution in [0.1, 0.15) is 0 Å². The average Bonchev–Trinajstić information content (AvgIpc) is 1.65. The third-order valence-electron chi connectivity index (χ3n) is 0.653. The molecule has 0 aliphatic carbocycles. The second kappa shape index (κ2) is 3.11. The van der Waals surface area contributed by atoms with E-state index in [9.17, 15) is 8.42 Å². The second-order valence-electron chi connectivity index (χ2n) is 1.35. The van der Waals surface area contributed by atoms with Gasteiger partial charge in [-0.3, -0.25) is 0 Å². The van der Waals surface area contributed by atoms with E-state index in [0.717, 1.165) is 0 Å². The highest BCUT2D eigenvalue weighted by atomic mass is 32.2. The normalized spacial score (nSPS) is 12.4. The molecule has 56 valence electrons. The maximum absolute atomic E-state index is 10.3. The van der Waals surface area contributed by atoms with E-state index in [1.54, 1.807) is 0 Å². The Labute approximate surface area is 53.8 Å². The molecule has 6 heteroatoms. The van der Waals surface area contributed by atoms with Crippen molar-refractivity contribution >= 4 is 10.0 Å². The number of hydrogen-bond acceptors (Lipinski definition) is 4. The SMILES string of the molecule is COC(OC)S(N)(=O)=O. The number of methoxy groups -OCH3 is 2. The number of sulfonamides is 1. The molecule has 0 saturated heterocycles. The number of primary sulfonamides is 1. The smallest absolute Gasteiger partial charge is 0.277 e. The molecule has 0 aliphatic heterocycles. The average molecular weight is 155 g/mol. The summed E-state index contributed by atoms with van der Waals surface area (Å²) in [5, 5.41) is 4.62. The van der Waals surface area contributed by atoms with Gasteiger partial charge in [0.25, 0.3) is 15.6 Å². The van der Waals surface area contributed by atoms with Crippen LogP contribution in [-0.2, 0) is 19.5 Å². The minimum Gasteiger partial charge on any atom is -0.342 e.